The standard InChI is InChI=1S/C25H20N2O7S/c1-2-33-18-8-6-17(7-9-18)26-22(28)14-27-23(29)21(35-25(27)32)13-19-10-11-20(34-19)15-4-3-5-16(12-15)24(30)31/h3-13H,2,14H2,1H3,(H,26,28)(H,30,31). The Morgan fingerprint density at radius 2 is 1.89 bits per heavy atom. The van der Waals surface area contributed by atoms with Gasteiger partial charge in [-0.1, -0.05) is 12.1 Å². The molecule has 3 amide bonds. The van der Waals surface area contributed by atoms with Crippen LogP contribution in [0.3, 0.4) is 0 Å². The monoisotopic (exact) mass is 492 g/mol. The molecule has 1 aromatic heterocycles. The topological polar surface area (TPSA) is 126 Å². The Hall–Kier alpha value is -4.31. The summed E-state index contributed by atoms with van der Waals surface area (Å²) in [7, 11) is 0. The van der Waals surface area contributed by atoms with Crippen LogP contribution in [0.5, 0.6) is 5.75 Å². The summed E-state index contributed by atoms with van der Waals surface area (Å²) in [4.78, 5) is 49.6. The summed E-state index contributed by atoms with van der Waals surface area (Å²) >= 11 is 0.708. The molecule has 4 rings (SSSR count). The molecule has 2 aromatic carbocycles. The number of hydrogen-bond donors (Lipinski definition) is 2. The number of furan rings is 1. The number of ether oxygens (including phenoxy) is 1. The highest BCUT2D eigenvalue weighted by Crippen LogP contribution is 2.33. The lowest BCUT2D eigenvalue weighted by Gasteiger charge is -2.12. The Morgan fingerprint density at radius 1 is 1.11 bits per heavy atom. The molecule has 1 aliphatic rings. The fourth-order valence-corrected chi connectivity index (χ4v) is 4.12. The number of amides is 3. The molecule has 2 N–H and O–H groups in total. The second-order valence-electron chi connectivity index (χ2n) is 7.36. The van der Waals surface area contributed by atoms with Gasteiger partial charge < -0.3 is 19.6 Å². The van der Waals surface area contributed by atoms with Gasteiger partial charge in [-0.05, 0) is 67.2 Å². The summed E-state index contributed by atoms with van der Waals surface area (Å²) in [6.45, 7) is 1.96. The summed E-state index contributed by atoms with van der Waals surface area (Å²) in [6, 6.07) is 16.2. The van der Waals surface area contributed by atoms with Crippen LogP contribution in [0.25, 0.3) is 17.4 Å². The second kappa shape index (κ2) is 10.3. The highest BCUT2D eigenvalue weighted by Gasteiger charge is 2.36. The zero-order valence-electron chi connectivity index (χ0n) is 18.5. The van der Waals surface area contributed by atoms with Gasteiger partial charge in [-0.2, -0.15) is 0 Å². The number of rotatable bonds is 8. The van der Waals surface area contributed by atoms with Crippen LogP contribution in [0, 0.1) is 0 Å². The molecular weight excluding hydrogens is 472 g/mol. The molecule has 0 bridgehead atoms. The highest BCUT2D eigenvalue weighted by atomic mass is 32.2. The van der Waals surface area contributed by atoms with Crippen molar-refractivity contribution in [3.05, 3.63) is 76.9 Å². The maximum Gasteiger partial charge on any atom is 0.335 e. The first-order chi connectivity index (χ1) is 16.8. The zero-order valence-corrected chi connectivity index (χ0v) is 19.3. The number of anilines is 1. The van der Waals surface area contributed by atoms with Gasteiger partial charge in [-0.3, -0.25) is 19.3 Å². The van der Waals surface area contributed by atoms with Gasteiger partial charge in [0.15, 0.2) is 0 Å². The molecule has 0 aliphatic carbocycles. The van der Waals surface area contributed by atoms with Crippen molar-refractivity contribution in [2.24, 2.45) is 0 Å². The lowest BCUT2D eigenvalue weighted by Crippen LogP contribution is -2.36. The molecule has 0 saturated carbocycles. The third kappa shape index (κ3) is 5.61. The van der Waals surface area contributed by atoms with Gasteiger partial charge in [-0.25, -0.2) is 4.79 Å². The van der Waals surface area contributed by atoms with Crippen LogP contribution in [0.1, 0.15) is 23.0 Å². The van der Waals surface area contributed by atoms with Crippen LogP contribution < -0.4 is 10.1 Å². The minimum atomic E-state index is -1.06. The maximum absolute atomic E-state index is 12.7. The summed E-state index contributed by atoms with van der Waals surface area (Å²) in [5, 5.41) is 11.2. The number of imide groups is 1. The zero-order chi connectivity index (χ0) is 24.9. The van der Waals surface area contributed by atoms with Crippen molar-refractivity contribution in [3.8, 4) is 17.1 Å². The number of carbonyl (C=O) groups is 4. The highest BCUT2D eigenvalue weighted by molar-refractivity contribution is 8.18. The van der Waals surface area contributed by atoms with Crippen molar-refractivity contribution in [1.82, 2.24) is 4.90 Å². The van der Waals surface area contributed by atoms with E-state index < -0.39 is 29.6 Å². The predicted molar refractivity (Wildman–Crippen MR) is 130 cm³/mol. The van der Waals surface area contributed by atoms with E-state index >= 15 is 0 Å². The Labute approximate surface area is 204 Å². The average Bonchev–Trinajstić information content (AvgIpc) is 3.41. The normalized spacial score (nSPS) is 14.4. The number of carbonyl (C=O) groups excluding carboxylic acids is 3. The lowest BCUT2D eigenvalue weighted by molar-refractivity contribution is -0.127. The van der Waals surface area contributed by atoms with Crippen molar-refractivity contribution in [1.29, 1.82) is 0 Å². The van der Waals surface area contributed by atoms with E-state index in [9.17, 15) is 19.2 Å². The molecule has 9 nitrogen and oxygen atoms in total. The van der Waals surface area contributed by atoms with Crippen molar-refractivity contribution in [2.75, 3.05) is 18.5 Å². The first kappa shape index (κ1) is 23.8. The van der Waals surface area contributed by atoms with E-state index in [1.165, 1.54) is 18.2 Å². The minimum Gasteiger partial charge on any atom is -0.494 e. The van der Waals surface area contributed by atoms with Crippen LogP contribution in [-0.2, 0) is 9.59 Å². The average molecular weight is 493 g/mol. The third-order valence-electron chi connectivity index (χ3n) is 4.92. The van der Waals surface area contributed by atoms with E-state index in [2.05, 4.69) is 5.32 Å². The first-order valence-corrected chi connectivity index (χ1v) is 11.4. The minimum absolute atomic E-state index is 0.115. The molecule has 0 unspecified atom stereocenters. The first-order valence-electron chi connectivity index (χ1n) is 10.6. The van der Waals surface area contributed by atoms with Gasteiger partial charge in [-0.15, -0.1) is 0 Å². The molecule has 1 saturated heterocycles. The van der Waals surface area contributed by atoms with Gasteiger partial charge in [0.25, 0.3) is 11.1 Å². The van der Waals surface area contributed by atoms with Gasteiger partial charge in [0.2, 0.25) is 5.91 Å². The van der Waals surface area contributed by atoms with E-state index in [4.69, 9.17) is 14.3 Å². The number of hydrogen-bond acceptors (Lipinski definition) is 7. The molecule has 0 spiro atoms. The summed E-state index contributed by atoms with van der Waals surface area (Å²) in [6.07, 6.45) is 1.42. The number of nitrogens with zero attached hydrogens (tertiary/aromatic N) is 1. The number of benzene rings is 2. The van der Waals surface area contributed by atoms with Crippen LogP contribution in [-0.4, -0.2) is 46.2 Å². The Morgan fingerprint density at radius 3 is 2.60 bits per heavy atom. The number of carboxylic acids is 1. The molecule has 35 heavy (non-hydrogen) atoms. The summed E-state index contributed by atoms with van der Waals surface area (Å²) < 4.78 is 11.1. The molecule has 178 valence electrons. The van der Waals surface area contributed by atoms with Crippen molar-refractivity contribution >= 4 is 46.5 Å². The van der Waals surface area contributed by atoms with Crippen molar-refractivity contribution < 1.29 is 33.4 Å². The summed E-state index contributed by atoms with van der Waals surface area (Å²) in [5.41, 5.74) is 1.18. The fraction of sp³-hybridized carbons (Fsp3) is 0.120. The quantitative estimate of drug-likeness (QED) is 0.433. The van der Waals surface area contributed by atoms with Crippen LogP contribution in [0.4, 0.5) is 10.5 Å². The predicted octanol–water partition coefficient (Wildman–Crippen LogP) is 4.72. The second-order valence-corrected chi connectivity index (χ2v) is 8.35. The van der Waals surface area contributed by atoms with E-state index in [0.29, 0.717) is 46.9 Å². The summed E-state index contributed by atoms with van der Waals surface area (Å²) in [5.74, 6) is -0.793. The van der Waals surface area contributed by atoms with Crippen LogP contribution in [0.2, 0.25) is 0 Å². The molecule has 1 aliphatic heterocycles. The fourth-order valence-electron chi connectivity index (χ4n) is 3.30. The molecule has 0 atom stereocenters. The van der Waals surface area contributed by atoms with Crippen molar-refractivity contribution in [2.45, 2.75) is 6.92 Å². The SMILES string of the molecule is CCOc1ccc(NC(=O)CN2C(=O)SC(=Cc3ccc(-c4cccc(C(=O)O)c4)o3)C2=O)cc1. The van der Waals surface area contributed by atoms with E-state index in [1.807, 2.05) is 6.92 Å². The number of aromatic carboxylic acids is 1. The smallest absolute Gasteiger partial charge is 0.335 e. The Bertz CT molecular complexity index is 1330. The van der Waals surface area contributed by atoms with Gasteiger partial charge in [0, 0.05) is 17.3 Å². The van der Waals surface area contributed by atoms with Crippen LogP contribution >= 0.6 is 11.8 Å². The molecule has 10 heteroatoms. The largest absolute Gasteiger partial charge is 0.494 e. The maximum atomic E-state index is 12.7. The molecule has 1 fully saturated rings. The van der Waals surface area contributed by atoms with Gasteiger partial charge >= 0.3 is 5.97 Å². The molecule has 3 aromatic rings. The van der Waals surface area contributed by atoms with E-state index in [1.54, 1.807) is 48.5 Å². The molecule has 0 radical (unpaired) electrons. The van der Waals surface area contributed by atoms with Gasteiger partial charge in [0.1, 0.15) is 23.8 Å². The number of nitrogens with one attached hydrogen (secondary N) is 1. The van der Waals surface area contributed by atoms with Crippen LogP contribution in [0.15, 0.2) is 70.0 Å². The number of thioether (sulfide) groups is 1. The van der Waals surface area contributed by atoms with E-state index in [0.717, 1.165) is 4.90 Å². The number of carboxylic acid groups (broad SMARTS) is 1. The Balaban J connectivity index is 1.42. The van der Waals surface area contributed by atoms with Crippen molar-refractivity contribution in [3.63, 3.8) is 0 Å². The Kier molecular flexibility index (Phi) is 7.02. The molecular formula is C25H20N2O7S. The lowest BCUT2D eigenvalue weighted by atomic mass is 10.1. The van der Waals surface area contributed by atoms with Gasteiger partial charge in [0.05, 0.1) is 17.1 Å². The van der Waals surface area contributed by atoms with E-state index in [-0.39, 0.29) is 10.5 Å². The third-order valence-corrected chi connectivity index (χ3v) is 5.83. The molecule has 2 heterocycles.